The smallest absolute Gasteiger partial charge is 0.407 e. The van der Waals surface area contributed by atoms with Gasteiger partial charge in [0.1, 0.15) is 17.1 Å². The van der Waals surface area contributed by atoms with Crippen LogP contribution in [0.15, 0.2) is 23.2 Å². The Morgan fingerprint density at radius 2 is 2.03 bits per heavy atom. The normalized spacial score (nSPS) is 17.1. The van der Waals surface area contributed by atoms with E-state index >= 15 is 0 Å². The maximum Gasteiger partial charge on any atom is 0.407 e. The quantitative estimate of drug-likeness (QED) is 0.558. The lowest BCUT2D eigenvalue weighted by molar-refractivity contribution is 0.0507. The minimum Gasteiger partial charge on any atom is -0.497 e. The molecule has 1 unspecified atom stereocenters. The minimum atomic E-state index is -0.499. The summed E-state index contributed by atoms with van der Waals surface area (Å²) in [5.74, 6) is 2.46. The van der Waals surface area contributed by atoms with Gasteiger partial charge in [0.2, 0.25) is 0 Å². The summed E-state index contributed by atoms with van der Waals surface area (Å²) < 4.78 is 16.1. The topological polar surface area (TPSA) is 84.4 Å². The number of nitrogens with zero attached hydrogens (tertiary/aromatic N) is 2. The Kier molecular flexibility index (Phi) is 7.99. The number of guanidine groups is 1. The Morgan fingerprint density at radius 1 is 1.28 bits per heavy atom. The number of alkyl carbamates (subject to hydrolysis) is 1. The molecule has 0 bridgehead atoms. The van der Waals surface area contributed by atoms with Gasteiger partial charge >= 0.3 is 6.09 Å². The monoisotopic (exact) mass is 406 g/mol. The standard InChI is InChI=1S/C21H34N4O4/c1-21(2,3)29-20(26)24-16-10-12-25(14-16)19(22-4)23-11-9-15-13-17(27-5)7-8-18(15)28-6/h7-8,13,16H,9-12,14H2,1-6H3,(H,22,23)(H,24,26). The Labute approximate surface area is 173 Å². The molecule has 0 aromatic heterocycles. The molecule has 162 valence electrons. The number of ether oxygens (including phenoxy) is 3. The lowest BCUT2D eigenvalue weighted by Gasteiger charge is -2.23. The van der Waals surface area contributed by atoms with Crippen LogP contribution in [0.4, 0.5) is 4.79 Å². The van der Waals surface area contributed by atoms with Crippen molar-refractivity contribution in [3.63, 3.8) is 0 Å². The zero-order valence-electron chi connectivity index (χ0n) is 18.4. The summed E-state index contributed by atoms with van der Waals surface area (Å²) in [5, 5.41) is 6.33. The summed E-state index contributed by atoms with van der Waals surface area (Å²) in [4.78, 5) is 18.5. The SMILES string of the molecule is CN=C(NCCc1cc(OC)ccc1OC)N1CCC(NC(=O)OC(C)(C)C)C1. The Morgan fingerprint density at radius 3 is 2.66 bits per heavy atom. The zero-order valence-corrected chi connectivity index (χ0v) is 18.4. The van der Waals surface area contributed by atoms with Crippen molar-refractivity contribution in [3.05, 3.63) is 23.8 Å². The third-order valence-electron chi connectivity index (χ3n) is 4.59. The molecule has 2 N–H and O–H groups in total. The fourth-order valence-electron chi connectivity index (χ4n) is 3.26. The third-order valence-corrected chi connectivity index (χ3v) is 4.59. The van der Waals surface area contributed by atoms with E-state index in [2.05, 4.69) is 20.5 Å². The van der Waals surface area contributed by atoms with Crippen molar-refractivity contribution in [1.29, 1.82) is 0 Å². The molecule has 29 heavy (non-hydrogen) atoms. The average Bonchev–Trinajstić information content (AvgIpc) is 3.11. The van der Waals surface area contributed by atoms with E-state index in [4.69, 9.17) is 14.2 Å². The van der Waals surface area contributed by atoms with Crippen molar-refractivity contribution in [1.82, 2.24) is 15.5 Å². The molecule has 1 amide bonds. The zero-order chi connectivity index (χ0) is 21.4. The van der Waals surface area contributed by atoms with Crippen molar-refractivity contribution in [2.75, 3.05) is 40.9 Å². The molecule has 1 aliphatic rings. The van der Waals surface area contributed by atoms with E-state index in [1.807, 2.05) is 39.0 Å². The highest BCUT2D eigenvalue weighted by Gasteiger charge is 2.27. The number of methoxy groups -OCH3 is 2. The Hall–Kier alpha value is -2.64. The van der Waals surface area contributed by atoms with Crippen LogP contribution in [0.2, 0.25) is 0 Å². The highest BCUT2D eigenvalue weighted by molar-refractivity contribution is 5.80. The average molecular weight is 407 g/mol. The highest BCUT2D eigenvalue weighted by Crippen LogP contribution is 2.24. The predicted molar refractivity (Wildman–Crippen MR) is 114 cm³/mol. The number of carbonyl (C=O) groups excluding carboxylic acids is 1. The Bertz CT molecular complexity index is 715. The number of aliphatic imine (C=N–C) groups is 1. The van der Waals surface area contributed by atoms with E-state index in [-0.39, 0.29) is 12.1 Å². The molecule has 0 radical (unpaired) electrons. The summed E-state index contributed by atoms with van der Waals surface area (Å²) in [6.45, 7) is 7.80. The fraction of sp³-hybridized carbons (Fsp3) is 0.619. The van der Waals surface area contributed by atoms with Gasteiger partial charge in [0.05, 0.1) is 20.3 Å². The first-order chi connectivity index (χ1) is 13.8. The second kappa shape index (κ2) is 10.2. The van der Waals surface area contributed by atoms with Crippen LogP contribution in [0.3, 0.4) is 0 Å². The van der Waals surface area contributed by atoms with Crippen molar-refractivity contribution in [2.45, 2.75) is 45.3 Å². The van der Waals surface area contributed by atoms with E-state index in [1.165, 1.54) is 0 Å². The van der Waals surface area contributed by atoms with Crippen LogP contribution in [0.25, 0.3) is 0 Å². The van der Waals surface area contributed by atoms with E-state index in [0.717, 1.165) is 42.4 Å². The van der Waals surface area contributed by atoms with Crippen molar-refractivity contribution in [3.8, 4) is 11.5 Å². The lowest BCUT2D eigenvalue weighted by Crippen LogP contribution is -2.44. The molecule has 0 aliphatic carbocycles. The van der Waals surface area contributed by atoms with Gasteiger partial charge in [0.15, 0.2) is 5.96 Å². The van der Waals surface area contributed by atoms with Crippen LogP contribution in [-0.4, -0.2) is 69.5 Å². The van der Waals surface area contributed by atoms with Gasteiger partial charge in [0, 0.05) is 26.7 Å². The van der Waals surface area contributed by atoms with Gasteiger partial charge in [-0.1, -0.05) is 0 Å². The molecule has 1 aliphatic heterocycles. The second-order valence-corrected chi connectivity index (χ2v) is 7.98. The summed E-state index contributed by atoms with van der Waals surface area (Å²) in [6, 6.07) is 5.83. The Balaban J connectivity index is 1.85. The molecule has 1 saturated heterocycles. The predicted octanol–water partition coefficient (Wildman–Crippen LogP) is 2.42. The third kappa shape index (κ3) is 7.03. The van der Waals surface area contributed by atoms with Crippen molar-refractivity contribution in [2.24, 2.45) is 4.99 Å². The number of carbonyl (C=O) groups is 1. The first-order valence-corrected chi connectivity index (χ1v) is 9.91. The summed E-state index contributed by atoms with van der Waals surface area (Å²) in [6.07, 6.45) is 1.24. The van der Waals surface area contributed by atoms with E-state index in [9.17, 15) is 4.79 Å². The van der Waals surface area contributed by atoms with Gasteiger partial charge in [-0.05, 0) is 57.4 Å². The number of amides is 1. The lowest BCUT2D eigenvalue weighted by atomic mass is 10.1. The highest BCUT2D eigenvalue weighted by atomic mass is 16.6. The van der Waals surface area contributed by atoms with E-state index in [1.54, 1.807) is 21.3 Å². The molecule has 0 spiro atoms. The molecule has 1 aromatic carbocycles. The van der Waals surface area contributed by atoms with Crippen LogP contribution >= 0.6 is 0 Å². The number of rotatable bonds is 6. The van der Waals surface area contributed by atoms with Gasteiger partial charge in [-0.2, -0.15) is 0 Å². The molecule has 8 nitrogen and oxygen atoms in total. The van der Waals surface area contributed by atoms with Crippen molar-refractivity contribution < 1.29 is 19.0 Å². The second-order valence-electron chi connectivity index (χ2n) is 7.98. The van der Waals surface area contributed by atoms with Gasteiger partial charge in [0.25, 0.3) is 0 Å². The molecule has 1 heterocycles. The summed E-state index contributed by atoms with van der Waals surface area (Å²) in [7, 11) is 5.09. The maximum absolute atomic E-state index is 12.0. The first-order valence-electron chi connectivity index (χ1n) is 9.91. The van der Waals surface area contributed by atoms with E-state index in [0.29, 0.717) is 13.1 Å². The van der Waals surface area contributed by atoms with Gasteiger partial charge in [-0.3, -0.25) is 4.99 Å². The van der Waals surface area contributed by atoms with Crippen LogP contribution < -0.4 is 20.1 Å². The molecule has 2 rings (SSSR count). The van der Waals surface area contributed by atoms with Gasteiger partial charge in [-0.15, -0.1) is 0 Å². The molecular weight excluding hydrogens is 372 g/mol. The van der Waals surface area contributed by atoms with Crippen molar-refractivity contribution >= 4 is 12.1 Å². The first kappa shape index (κ1) is 22.6. The van der Waals surface area contributed by atoms with Crippen LogP contribution in [-0.2, 0) is 11.2 Å². The number of likely N-dealkylation sites (tertiary alicyclic amines) is 1. The number of hydrogen-bond donors (Lipinski definition) is 2. The summed E-state index contributed by atoms with van der Waals surface area (Å²) >= 11 is 0. The number of hydrogen-bond acceptors (Lipinski definition) is 5. The molecule has 8 heteroatoms. The molecular formula is C21H34N4O4. The van der Waals surface area contributed by atoms with Crippen LogP contribution in [0.1, 0.15) is 32.8 Å². The van der Waals surface area contributed by atoms with Crippen LogP contribution in [0.5, 0.6) is 11.5 Å². The number of nitrogens with one attached hydrogen (secondary N) is 2. The molecule has 1 aromatic rings. The minimum absolute atomic E-state index is 0.0434. The van der Waals surface area contributed by atoms with Gasteiger partial charge in [-0.25, -0.2) is 4.79 Å². The van der Waals surface area contributed by atoms with Crippen LogP contribution in [0, 0.1) is 0 Å². The maximum atomic E-state index is 12.0. The molecule has 1 fully saturated rings. The summed E-state index contributed by atoms with van der Waals surface area (Å²) in [5.41, 5.74) is 0.571. The van der Waals surface area contributed by atoms with Gasteiger partial charge < -0.3 is 29.7 Å². The fourth-order valence-corrected chi connectivity index (χ4v) is 3.26. The molecule has 1 atom stereocenters. The number of benzene rings is 1. The van der Waals surface area contributed by atoms with E-state index < -0.39 is 5.60 Å². The largest absolute Gasteiger partial charge is 0.497 e. The molecule has 0 saturated carbocycles.